The van der Waals surface area contributed by atoms with Gasteiger partial charge in [0.15, 0.2) is 11.6 Å². The first-order chi connectivity index (χ1) is 12.8. The molecule has 0 saturated carbocycles. The summed E-state index contributed by atoms with van der Waals surface area (Å²) < 4.78 is 56.6. The Bertz CT molecular complexity index is 921. The van der Waals surface area contributed by atoms with Gasteiger partial charge in [0.2, 0.25) is 0 Å². The van der Waals surface area contributed by atoms with Gasteiger partial charge in [0, 0.05) is 18.7 Å². The highest BCUT2D eigenvalue weighted by Gasteiger charge is 2.28. The van der Waals surface area contributed by atoms with E-state index in [0.717, 1.165) is 0 Å². The predicted octanol–water partition coefficient (Wildman–Crippen LogP) is 3.10. The van der Waals surface area contributed by atoms with Crippen LogP contribution in [0.15, 0.2) is 48.5 Å². The lowest BCUT2D eigenvalue weighted by Crippen LogP contribution is -2.34. The topological polar surface area (TPSA) is 84.9 Å². The standard InChI is InChI=1S/C17H16F2N2O5S/c18-15-3-1-2-4-16(15)25-14-9-10-21(11-14)17(22)20-12-5-7-13(8-6-12)26-27(19,23)24/h1-8,14H,9-11H2,(H,20,22). The lowest BCUT2D eigenvalue weighted by Gasteiger charge is -2.18. The van der Waals surface area contributed by atoms with E-state index >= 15 is 0 Å². The van der Waals surface area contributed by atoms with Gasteiger partial charge in [0.05, 0.1) is 6.54 Å². The maximum atomic E-state index is 13.6. The van der Waals surface area contributed by atoms with Crippen LogP contribution in [0.25, 0.3) is 0 Å². The number of para-hydroxylation sites is 1. The van der Waals surface area contributed by atoms with E-state index in [4.69, 9.17) is 4.74 Å². The first-order valence-electron chi connectivity index (χ1n) is 8.01. The number of rotatable bonds is 5. The fraction of sp³-hybridized carbons (Fsp3) is 0.235. The molecule has 0 aliphatic carbocycles. The SMILES string of the molecule is O=C(Nc1ccc(OS(=O)(=O)F)cc1)N1CCC(Oc2ccccc2F)C1. The molecule has 0 aromatic heterocycles. The van der Waals surface area contributed by atoms with Crippen molar-refractivity contribution in [3.05, 3.63) is 54.3 Å². The molecule has 2 amide bonds. The zero-order valence-electron chi connectivity index (χ0n) is 14.0. The van der Waals surface area contributed by atoms with E-state index in [-0.39, 0.29) is 23.6 Å². The highest BCUT2D eigenvalue weighted by molar-refractivity contribution is 7.81. The third kappa shape index (κ3) is 5.30. The molecule has 1 fully saturated rings. The summed E-state index contributed by atoms with van der Waals surface area (Å²) in [6.07, 6.45) is 0.237. The van der Waals surface area contributed by atoms with Gasteiger partial charge in [-0.1, -0.05) is 16.0 Å². The highest BCUT2D eigenvalue weighted by atomic mass is 32.3. The van der Waals surface area contributed by atoms with E-state index in [0.29, 0.717) is 25.2 Å². The van der Waals surface area contributed by atoms with Gasteiger partial charge in [-0.15, -0.1) is 0 Å². The van der Waals surface area contributed by atoms with Crippen molar-refractivity contribution in [1.29, 1.82) is 0 Å². The van der Waals surface area contributed by atoms with E-state index in [2.05, 4.69) is 9.50 Å². The molecule has 0 bridgehead atoms. The Balaban J connectivity index is 1.54. The molecule has 1 unspecified atom stereocenters. The summed E-state index contributed by atoms with van der Waals surface area (Å²) in [5.74, 6) is -0.531. The van der Waals surface area contributed by atoms with Crippen LogP contribution in [0.5, 0.6) is 11.5 Å². The van der Waals surface area contributed by atoms with Gasteiger partial charge in [-0.25, -0.2) is 9.18 Å². The number of anilines is 1. The minimum absolute atomic E-state index is 0.142. The molecule has 1 saturated heterocycles. The average Bonchev–Trinajstić information content (AvgIpc) is 3.06. The number of urea groups is 1. The summed E-state index contributed by atoms with van der Waals surface area (Å²) in [6, 6.07) is 10.8. The van der Waals surface area contributed by atoms with Gasteiger partial charge in [0.1, 0.15) is 11.9 Å². The monoisotopic (exact) mass is 398 g/mol. The summed E-state index contributed by atoms with van der Waals surface area (Å²) in [5.41, 5.74) is 0.377. The Labute approximate surface area is 154 Å². The van der Waals surface area contributed by atoms with Crippen LogP contribution in [0.2, 0.25) is 0 Å². The summed E-state index contributed by atoms with van der Waals surface area (Å²) in [5, 5.41) is 2.63. The number of carbonyl (C=O) groups excluding carboxylic acids is 1. The van der Waals surface area contributed by atoms with E-state index in [1.165, 1.54) is 41.3 Å². The Morgan fingerprint density at radius 3 is 2.52 bits per heavy atom. The summed E-state index contributed by atoms with van der Waals surface area (Å²) in [6.45, 7) is 0.730. The molecule has 27 heavy (non-hydrogen) atoms. The zero-order valence-corrected chi connectivity index (χ0v) is 14.8. The van der Waals surface area contributed by atoms with Crippen molar-refractivity contribution in [2.75, 3.05) is 18.4 Å². The predicted molar refractivity (Wildman–Crippen MR) is 93.1 cm³/mol. The minimum atomic E-state index is -5.10. The normalized spacial score (nSPS) is 16.8. The van der Waals surface area contributed by atoms with Crippen molar-refractivity contribution in [3.8, 4) is 11.5 Å². The molecular weight excluding hydrogens is 382 g/mol. The fourth-order valence-corrected chi connectivity index (χ4v) is 2.98. The van der Waals surface area contributed by atoms with Crippen molar-refractivity contribution >= 4 is 22.2 Å². The molecule has 2 aromatic carbocycles. The highest BCUT2D eigenvalue weighted by Crippen LogP contribution is 2.22. The quantitative estimate of drug-likeness (QED) is 0.783. The number of ether oxygens (including phenoxy) is 1. The number of benzene rings is 2. The molecule has 1 heterocycles. The van der Waals surface area contributed by atoms with Gasteiger partial charge in [-0.3, -0.25) is 0 Å². The number of hydrogen-bond donors (Lipinski definition) is 1. The number of halogens is 2. The third-order valence-corrected chi connectivity index (χ3v) is 4.26. The zero-order chi connectivity index (χ0) is 19.4. The lowest BCUT2D eigenvalue weighted by molar-refractivity contribution is 0.189. The lowest BCUT2D eigenvalue weighted by atomic mass is 10.3. The second kappa shape index (κ2) is 7.78. The van der Waals surface area contributed by atoms with Crippen molar-refractivity contribution in [2.45, 2.75) is 12.5 Å². The summed E-state index contributed by atoms with van der Waals surface area (Å²) >= 11 is 0. The molecule has 1 aliphatic heterocycles. The second-order valence-electron chi connectivity index (χ2n) is 5.84. The van der Waals surface area contributed by atoms with Crippen molar-refractivity contribution in [3.63, 3.8) is 0 Å². The fourth-order valence-electron chi connectivity index (χ4n) is 2.64. The number of amides is 2. The first-order valence-corrected chi connectivity index (χ1v) is 9.32. The Hall–Kier alpha value is -2.88. The van der Waals surface area contributed by atoms with Crippen LogP contribution >= 0.6 is 0 Å². The van der Waals surface area contributed by atoms with Gasteiger partial charge < -0.3 is 19.1 Å². The van der Waals surface area contributed by atoms with Crippen LogP contribution < -0.4 is 14.2 Å². The Morgan fingerprint density at radius 1 is 1.15 bits per heavy atom. The van der Waals surface area contributed by atoms with Crippen LogP contribution in [0.1, 0.15) is 6.42 Å². The number of likely N-dealkylation sites (tertiary alicyclic amines) is 1. The summed E-state index contributed by atoms with van der Waals surface area (Å²) in [7, 11) is -5.10. The first kappa shape index (κ1) is 18.9. The summed E-state index contributed by atoms with van der Waals surface area (Å²) in [4.78, 5) is 13.8. The van der Waals surface area contributed by atoms with Gasteiger partial charge >= 0.3 is 16.5 Å². The molecule has 1 atom stereocenters. The van der Waals surface area contributed by atoms with Crippen LogP contribution in [0.3, 0.4) is 0 Å². The largest absolute Gasteiger partial charge is 0.488 e. The van der Waals surface area contributed by atoms with Crippen molar-refractivity contribution in [1.82, 2.24) is 4.90 Å². The number of hydrogen-bond acceptors (Lipinski definition) is 5. The van der Waals surface area contributed by atoms with Gasteiger partial charge in [0.25, 0.3) is 0 Å². The van der Waals surface area contributed by atoms with Crippen LogP contribution in [0, 0.1) is 5.82 Å². The van der Waals surface area contributed by atoms with Crippen LogP contribution in [-0.2, 0) is 10.5 Å². The number of nitrogens with zero attached hydrogens (tertiary/aromatic N) is 1. The minimum Gasteiger partial charge on any atom is -0.485 e. The molecule has 0 spiro atoms. The number of nitrogens with one attached hydrogen (secondary N) is 1. The van der Waals surface area contributed by atoms with Crippen molar-refractivity contribution < 1.29 is 30.4 Å². The van der Waals surface area contributed by atoms with E-state index in [1.807, 2.05) is 0 Å². The second-order valence-corrected chi connectivity index (χ2v) is 6.79. The molecule has 7 nitrogen and oxygen atoms in total. The van der Waals surface area contributed by atoms with Gasteiger partial charge in [-0.05, 0) is 36.4 Å². The molecule has 144 valence electrons. The smallest absolute Gasteiger partial charge is 0.485 e. The average molecular weight is 398 g/mol. The van der Waals surface area contributed by atoms with E-state index in [9.17, 15) is 21.5 Å². The Kier molecular flexibility index (Phi) is 5.45. The Morgan fingerprint density at radius 2 is 1.85 bits per heavy atom. The molecule has 3 rings (SSSR count). The molecule has 1 N–H and O–H groups in total. The van der Waals surface area contributed by atoms with Crippen LogP contribution in [0.4, 0.5) is 18.8 Å². The van der Waals surface area contributed by atoms with Crippen molar-refractivity contribution in [2.24, 2.45) is 0 Å². The maximum absolute atomic E-state index is 13.6. The van der Waals surface area contributed by atoms with Crippen LogP contribution in [-0.4, -0.2) is 38.5 Å². The van der Waals surface area contributed by atoms with E-state index < -0.39 is 16.3 Å². The van der Waals surface area contributed by atoms with Gasteiger partial charge in [-0.2, -0.15) is 8.42 Å². The number of carbonyl (C=O) groups is 1. The molecule has 2 aromatic rings. The third-order valence-electron chi connectivity index (χ3n) is 3.86. The molecular formula is C17H16F2N2O5S. The molecule has 1 aliphatic rings. The van der Waals surface area contributed by atoms with E-state index in [1.54, 1.807) is 12.1 Å². The molecule has 0 radical (unpaired) electrons. The maximum Gasteiger partial charge on any atom is 0.488 e. The molecule has 10 heteroatoms.